The lowest BCUT2D eigenvalue weighted by molar-refractivity contribution is 0.0165. The summed E-state index contributed by atoms with van der Waals surface area (Å²) >= 11 is 6.11. The molecule has 0 saturated heterocycles. The van der Waals surface area contributed by atoms with E-state index in [1.54, 1.807) is 0 Å². The van der Waals surface area contributed by atoms with E-state index in [1.807, 2.05) is 31.2 Å². The van der Waals surface area contributed by atoms with E-state index < -0.39 is 13.0 Å². The maximum absolute atomic E-state index is 11.8. The number of alkyl halides is 3. The van der Waals surface area contributed by atoms with Crippen molar-refractivity contribution in [2.45, 2.75) is 25.1 Å². The van der Waals surface area contributed by atoms with Crippen molar-refractivity contribution in [3.8, 4) is 0 Å². The van der Waals surface area contributed by atoms with Crippen LogP contribution in [0.3, 0.4) is 0 Å². The molecule has 4 heteroatoms. The van der Waals surface area contributed by atoms with E-state index >= 15 is 0 Å². The predicted molar refractivity (Wildman–Crippen MR) is 61.2 cm³/mol. The summed E-state index contributed by atoms with van der Waals surface area (Å²) in [7, 11) is 0. The van der Waals surface area contributed by atoms with Gasteiger partial charge in [-0.15, -0.1) is 11.6 Å². The molecule has 16 heavy (non-hydrogen) atoms. The van der Waals surface area contributed by atoms with Crippen molar-refractivity contribution in [2.75, 3.05) is 13.2 Å². The Morgan fingerprint density at radius 3 is 2.44 bits per heavy atom. The smallest absolute Gasteiger partial charge is 0.261 e. The summed E-state index contributed by atoms with van der Waals surface area (Å²) in [6, 6.07) is 7.84. The van der Waals surface area contributed by atoms with Crippen molar-refractivity contribution in [3.63, 3.8) is 0 Å². The maximum Gasteiger partial charge on any atom is 0.261 e. The van der Waals surface area contributed by atoms with Crippen molar-refractivity contribution in [1.82, 2.24) is 0 Å². The lowest BCUT2D eigenvalue weighted by Gasteiger charge is -2.10. The second-order valence-corrected chi connectivity index (χ2v) is 4.16. The SMILES string of the molecule is Cc1ccc(C(Cl)CCOCC(F)F)cc1. The Hall–Kier alpha value is -0.670. The van der Waals surface area contributed by atoms with E-state index in [4.69, 9.17) is 16.3 Å². The molecule has 0 saturated carbocycles. The molecule has 0 heterocycles. The highest BCUT2D eigenvalue weighted by Gasteiger charge is 2.08. The topological polar surface area (TPSA) is 9.23 Å². The summed E-state index contributed by atoms with van der Waals surface area (Å²) in [5.74, 6) is 0. The Labute approximate surface area is 99.4 Å². The zero-order valence-electron chi connectivity index (χ0n) is 9.13. The van der Waals surface area contributed by atoms with Gasteiger partial charge < -0.3 is 4.74 Å². The summed E-state index contributed by atoms with van der Waals surface area (Å²) in [5, 5.41) is -0.182. The Morgan fingerprint density at radius 2 is 1.88 bits per heavy atom. The molecule has 0 aromatic heterocycles. The Bertz CT molecular complexity index is 300. The number of aryl methyl sites for hydroxylation is 1. The van der Waals surface area contributed by atoms with Gasteiger partial charge in [0.2, 0.25) is 0 Å². The van der Waals surface area contributed by atoms with E-state index in [1.165, 1.54) is 5.56 Å². The largest absolute Gasteiger partial charge is 0.375 e. The van der Waals surface area contributed by atoms with Crippen LogP contribution in [0.2, 0.25) is 0 Å². The molecule has 0 radical (unpaired) electrons. The molecular formula is C12H15ClF2O. The third kappa shape index (κ3) is 4.90. The van der Waals surface area contributed by atoms with E-state index in [0.29, 0.717) is 6.42 Å². The molecular weight excluding hydrogens is 234 g/mol. The molecule has 0 N–H and O–H groups in total. The number of hydrogen-bond acceptors (Lipinski definition) is 1. The molecule has 1 unspecified atom stereocenters. The van der Waals surface area contributed by atoms with Gasteiger partial charge in [0.1, 0.15) is 6.61 Å². The van der Waals surface area contributed by atoms with Gasteiger partial charge in [-0.05, 0) is 18.9 Å². The van der Waals surface area contributed by atoms with Crippen molar-refractivity contribution >= 4 is 11.6 Å². The first kappa shape index (κ1) is 13.4. The molecule has 1 rings (SSSR count). The second kappa shape index (κ2) is 6.81. The minimum atomic E-state index is -2.41. The highest BCUT2D eigenvalue weighted by Crippen LogP contribution is 2.24. The average molecular weight is 249 g/mol. The fourth-order valence-electron chi connectivity index (χ4n) is 1.30. The number of halogens is 3. The van der Waals surface area contributed by atoms with E-state index in [2.05, 4.69) is 0 Å². The fraction of sp³-hybridized carbons (Fsp3) is 0.500. The molecule has 1 aromatic carbocycles. The van der Waals surface area contributed by atoms with Crippen LogP contribution < -0.4 is 0 Å². The third-order valence-corrected chi connectivity index (χ3v) is 2.67. The minimum absolute atomic E-state index is 0.182. The van der Waals surface area contributed by atoms with Crippen LogP contribution in [0.5, 0.6) is 0 Å². The fourth-order valence-corrected chi connectivity index (χ4v) is 1.54. The molecule has 1 atom stereocenters. The van der Waals surface area contributed by atoms with Crippen LogP contribution in [-0.2, 0) is 4.74 Å². The Balaban J connectivity index is 2.29. The van der Waals surface area contributed by atoms with Gasteiger partial charge in [-0.3, -0.25) is 0 Å². The van der Waals surface area contributed by atoms with Crippen molar-refractivity contribution in [3.05, 3.63) is 35.4 Å². The average Bonchev–Trinajstić information content (AvgIpc) is 2.25. The van der Waals surface area contributed by atoms with Gasteiger partial charge in [-0.1, -0.05) is 29.8 Å². The van der Waals surface area contributed by atoms with Crippen LogP contribution in [0.4, 0.5) is 8.78 Å². The first-order chi connectivity index (χ1) is 7.59. The standard InChI is InChI=1S/C12H15ClF2O/c1-9-2-4-10(5-3-9)11(13)6-7-16-8-12(14)15/h2-5,11-12H,6-8H2,1H3. The predicted octanol–water partition coefficient (Wildman–Crippen LogP) is 3.95. The first-order valence-electron chi connectivity index (χ1n) is 5.16. The maximum atomic E-state index is 11.8. The van der Waals surface area contributed by atoms with Crippen LogP contribution in [0.15, 0.2) is 24.3 Å². The Morgan fingerprint density at radius 1 is 1.25 bits per heavy atom. The molecule has 0 aliphatic heterocycles. The van der Waals surface area contributed by atoms with Gasteiger partial charge in [0.15, 0.2) is 0 Å². The molecule has 90 valence electrons. The molecule has 0 bridgehead atoms. The van der Waals surface area contributed by atoms with E-state index in [0.717, 1.165) is 5.56 Å². The molecule has 0 spiro atoms. The van der Waals surface area contributed by atoms with Gasteiger partial charge >= 0.3 is 0 Å². The van der Waals surface area contributed by atoms with Crippen LogP contribution in [0.1, 0.15) is 22.9 Å². The third-order valence-electron chi connectivity index (χ3n) is 2.20. The van der Waals surface area contributed by atoms with E-state index in [9.17, 15) is 8.78 Å². The summed E-state index contributed by atoms with van der Waals surface area (Å²) < 4.78 is 28.3. The summed E-state index contributed by atoms with van der Waals surface area (Å²) in [5.41, 5.74) is 2.16. The zero-order chi connectivity index (χ0) is 12.0. The van der Waals surface area contributed by atoms with Crippen molar-refractivity contribution in [1.29, 1.82) is 0 Å². The monoisotopic (exact) mass is 248 g/mol. The normalized spacial score (nSPS) is 13.1. The molecule has 0 fully saturated rings. The number of rotatable bonds is 6. The van der Waals surface area contributed by atoms with E-state index in [-0.39, 0.29) is 12.0 Å². The number of hydrogen-bond donors (Lipinski definition) is 0. The number of benzene rings is 1. The van der Waals surface area contributed by atoms with Crippen molar-refractivity contribution < 1.29 is 13.5 Å². The van der Waals surface area contributed by atoms with Crippen LogP contribution in [0.25, 0.3) is 0 Å². The van der Waals surface area contributed by atoms with Gasteiger partial charge in [0.05, 0.1) is 5.38 Å². The summed E-state index contributed by atoms with van der Waals surface area (Å²) in [6.07, 6.45) is -1.87. The molecule has 0 aliphatic carbocycles. The first-order valence-corrected chi connectivity index (χ1v) is 5.59. The molecule has 1 aromatic rings. The Kier molecular flexibility index (Phi) is 5.71. The summed E-state index contributed by atoms with van der Waals surface area (Å²) in [4.78, 5) is 0. The molecule has 0 aliphatic rings. The quantitative estimate of drug-likeness (QED) is 0.547. The van der Waals surface area contributed by atoms with Crippen LogP contribution >= 0.6 is 11.6 Å². The van der Waals surface area contributed by atoms with Crippen LogP contribution in [-0.4, -0.2) is 19.6 Å². The molecule has 1 nitrogen and oxygen atoms in total. The zero-order valence-corrected chi connectivity index (χ0v) is 9.88. The lowest BCUT2D eigenvalue weighted by atomic mass is 10.1. The van der Waals surface area contributed by atoms with Gasteiger partial charge in [-0.25, -0.2) is 8.78 Å². The molecule has 0 amide bonds. The van der Waals surface area contributed by atoms with Gasteiger partial charge in [0, 0.05) is 6.61 Å². The lowest BCUT2D eigenvalue weighted by Crippen LogP contribution is -2.06. The summed E-state index contributed by atoms with van der Waals surface area (Å²) in [6.45, 7) is 1.74. The minimum Gasteiger partial charge on any atom is -0.375 e. The second-order valence-electron chi connectivity index (χ2n) is 3.63. The highest BCUT2D eigenvalue weighted by atomic mass is 35.5. The van der Waals surface area contributed by atoms with Crippen molar-refractivity contribution in [2.24, 2.45) is 0 Å². The highest BCUT2D eigenvalue weighted by molar-refractivity contribution is 6.20. The number of ether oxygens (including phenoxy) is 1. The van der Waals surface area contributed by atoms with Crippen LogP contribution in [0, 0.1) is 6.92 Å². The van der Waals surface area contributed by atoms with Gasteiger partial charge in [0.25, 0.3) is 6.43 Å². The van der Waals surface area contributed by atoms with Gasteiger partial charge in [-0.2, -0.15) is 0 Å².